The van der Waals surface area contributed by atoms with E-state index < -0.39 is 0 Å². The minimum absolute atomic E-state index is 0.104. The fraction of sp³-hybridized carbons (Fsp3) is 0.556. The number of benzene rings is 1. The molecule has 1 aliphatic rings. The second-order valence-corrected chi connectivity index (χ2v) is 6.98. The van der Waals surface area contributed by atoms with Crippen molar-refractivity contribution in [3.8, 4) is 0 Å². The zero-order valence-electron chi connectivity index (χ0n) is 13.0. The number of ether oxygens (including phenoxy) is 1. The Morgan fingerprint density at radius 2 is 2.10 bits per heavy atom. The standard InChI is InChI=1S/C18H25NOS/c1-3-18(4-2)11-15(9-10-20-18)19-12-14-13-21-17-8-6-5-7-16(14)17/h5-8,13,15,19H,3-4,9-12H2,1-2H3. The molecule has 114 valence electrons. The molecular weight excluding hydrogens is 278 g/mol. The van der Waals surface area contributed by atoms with Crippen LogP contribution in [0.2, 0.25) is 0 Å². The smallest absolute Gasteiger partial charge is 0.0692 e. The van der Waals surface area contributed by atoms with Crippen LogP contribution in [0.15, 0.2) is 29.6 Å². The molecule has 2 aromatic rings. The van der Waals surface area contributed by atoms with Crippen molar-refractivity contribution in [2.24, 2.45) is 0 Å². The summed E-state index contributed by atoms with van der Waals surface area (Å²) in [6.07, 6.45) is 4.50. The third kappa shape index (κ3) is 3.15. The van der Waals surface area contributed by atoms with Crippen LogP contribution in [0.4, 0.5) is 0 Å². The third-order valence-corrected chi connectivity index (χ3v) is 5.94. The van der Waals surface area contributed by atoms with Crippen molar-refractivity contribution < 1.29 is 4.74 Å². The number of rotatable bonds is 5. The van der Waals surface area contributed by atoms with Gasteiger partial charge in [0.15, 0.2) is 0 Å². The first-order valence-electron chi connectivity index (χ1n) is 8.09. The average Bonchev–Trinajstić information content (AvgIpc) is 2.96. The zero-order valence-corrected chi connectivity index (χ0v) is 13.8. The van der Waals surface area contributed by atoms with Gasteiger partial charge in [-0.05, 0) is 48.1 Å². The lowest BCUT2D eigenvalue weighted by molar-refractivity contribution is -0.0932. The molecule has 1 atom stereocenters. The molecule has 1 aromatic heterocycles. The van der Waals surface area contributed by atoms with Gasteiger partial charge in [0.05, 0.1) is 5.60 Å². The van der Waals surface area contributed by atoms with Gasteiger partial charge in [0, 0.05) is 23.9 Å². The maximum absolute atomic E-state index is 6.06. The van der Waals surface area contributed by atoms with Crippen molar-refractivity contribution in [1.82, 2.24) is 5.32 Å². The minimum atomic E-state index is 0.104. The first-order chi connectivity index (χ1) is 10.3. The summed E-state index contributed by atoms with van der Waals surface area (Å²) >= 11 is 1.84. The first-order valence-corrected chi connectivity index (χ1v) is 8.97. The Hall–Kier alpha value is -0.900. The largest absolute Gasteiger partial charge is 0.375 e. The van der Waals surface area contributed by atoms with E-state index in [1.165, 1.54) is 15.6 Å². The van der Waals surface area contributed by atoms with Crippen LogP contribution < -0.4 is 5.32 Å². The number of fused-ring (bicyclic) bond motifs is 1. The van der Waals surface area contributed by atoms with Gasteiger partial charge in [0.2, 0.25) is 0 Å². The highest BCUT2D eigenvalue weighted by atomic mass is 32.1. The van der Waals surface area contributed by atoms with Crippen LogP contribution in [0.3, 0.4) is 0 Å². The van der Waals surface area contributed by atoms with Crippen molar-refractivity contribution in [2.75, 3.05) is 6.61 Å². The van der Waals surface area contributed by atoms with Crippen molar-refractivity contribution in [3.63, 3.8) is 0 Å². The molecule has 1 aromatic carbocycles. The first kappa shape index (κ1) is 15.0. The maximum atomic E-state index is 6.06. The van der Waals surface area contributed by atoms with E-state index >= 15 is 0 Å². The predicted molar refractivity (Wildman–Crippen MR) is 91.0 cm³/mol. The van der Waals surface area contributed by atoms with Crippen LogP contribution in [0, 0.1) is 0 Å². The fourth-order valence-corrected chi connectivity index (χ4v) is 4.33. The molecule has 2 heterocycles. The molecule has 3 rings (SSSR count). The van der Waals surface area contributed by atoms with Gasteiger partial charge < -0.3 is 10.1 Å². The molecule has 0 amide bonds. The van der Waals surface area contributed by atoms with Crippen molar-refractivity contribution in [3.05, 3.63) is 35.2 Å². The van der Waals surface area contributed by atoms with Crippen LogP contribution in [0.25, 0.3) is 10.1 Å². The van der Waals surface area contributed by atoms with Crippen LogP contribution in [-0.4, -0.2) is 18.2 Å². The normalized spacial score (nSPS) is 21.7. The molecule has 3 heteroatoms. The second-order valence-electron chi connectivity index (χ2n) is 6.07. The zero-order chi connectivity index (χ0) is 14.7. The van der Waals surface area contributed by atoms with E-state index in [9.17, 15) is 0 Å². The second kappa shape index (κ2) is 6.47. The average molecular weight is 303 g/mol. The molecule has 0 saturated carbocycles. The lowest BCUT2D eigenvalue weighted by Gasteiger charge is -2.40. The Balaban J connectivity index is 1.65. The molecule has 0 bridgehead atoms. The Labute approximate surface area is 131 Å². The van der Waals surface area contributed by atoms with Gasteiger partial charge in [-0.15, -0.1) is 11.3 Å². The Morgan fingerprint density at radius 3 is 2.90 bits per heavy atom. The van der Waals surface area contributed by atoms with Crippen LogP contribution in [0.5, 0.6) is 0 Å². The molecule has 0 aliphatic carbocycles. The van der Waals surface area contributed by atoms with E-state index in [-0.39, 0.29) is 5.60 Å². The summed E-state index contributed by atoms with van der Waals surface area (Å²) in [5.41, 5.74) is 1.53. The molecule has 2 nitrogen and oxygen atoms in total. The topological polar surface area (TPSA) is 21.3 Å². The highest BCUT2D eigenvalue weighted by Crippen LogP contribution is 2.32. The molecular formula is C18H25NOS. The highest BCUT2D eigenvalue weighted by Gasteiger charge is 2.34. The van der Waals surface area contributed by atoms with Gasteiger partial charge in [-0.3, -0.25) is 0 Å². The number of nitrogens with one attached hydrogen (secondary N) is 1. The summed E-state index contributed by atoms with van der Waals surface area (Å²) in [7, 11) is 0. The Kier molecular flexibility index (Phi) is 4.63. The summed E-state index contributed by atoms with van der Waals surface area (Å²) in [6.45, 7) is 6.36. The third-order valence-electron chi connectivity index (χ3n) is 4.92. The molecule has 1 fully saturated rings. The monoisotopic (exact) mass is 303 g/mol. The van der Waals surface area contributed by atoms with E-state index in [2.05, 4.69) is 48.8 Å². The van der Waals surface area contributed by atoms with E-state index in [0.29, 0.717) is 6.04 Å². The summed E-state index contributed by atoms with van der Waals surface area (Å²) < 4.78 is 7.45. The lowest BCUT2D eigenvalue weighted by atomic mass is 9.86. The minimum Gasteiger partial charge on any atom is -0.375 e. The maximum Gasteiger partial charge on any atom is 0.0692 e. The van der Waals surface area contributed by atoms with Gasteiger partial charge in [0.25, 0.3) is 0 Å². The van der Waals surface area contributed by atoms with Crippen molar-refractivity contribution in [1.29, 1.82) is 0 Å². The van der Waals surface area contributed by atoms with Gasteiger partial charge in [-0.25, -0.2) is 0 Å². The van der Waals surface area contributed by atoms with E-state index in [0.717, 1.165) is 38.8 Å². The SMILES string of the molecule is CCC1(CC)CC(NCc2csc3ccccc23)CCO1. The highest BCUT2D eigenvalue weighted by molar-refractivity contribution is 7.17. The van der Waals surface area contributed by atoms with Gasteiger partial charge in [-0.2, -0.15) is 0 Å². The quantitative estimate of drug-likeness (QED) is 0.862. The summed E-state index contributed by atoms with van der Waals surface area (Å²) in [5, 5.41) is 7.46. The summed E-state index contributed by atoms with van der Waals surface area (Å²) in [4.78, 5) is 0. The van der Waals surface area contributed by atoms with Gasteiger partial charge in [0.1, 0.15) is 0 Å². The fourth-order valence-electron chi connectivity index (χ4n) is 3.37. The van der Waals surface area contributed by atoms with E-state index in [4.69, 9.17) is 4.74 Å². The van der Waals surface area contributed by atoms with Crippen LogP contribution in [-0.2, 0) is 11.3 Å². The van der Waals surface area contributed by atoms with E-state index in [1.807, 2.05) is 11.3 Å². The van der Waals surface area contributed by atoms with Crippen molar-refractivity contribution >= 4 is 21.4 Å². The summed E-state index contributed by atoms with van der Waals surface area (Å²) in [6, 6.07) is 9.27. The summed E-state index contributed by atoms with van der Waals surface area (Å²) in [5.74, 6) is 0. The number of hydrogen-bond donors (Lipinski definition) is 1. The van der Waals surface area contributed by atoms with Crippen molar-refractivity contribution in [2.45, 2.75) is 57.7 Å². The molecule has 1 saturated heterocycles. The Bertz CT molecular complexity index is 588. The molecule has 1 aliphatic heterocycles. The molecule has 0 radical (unpaired) electrons. The van der Waals surface area contributed by atoms with Crippen LogP contribution in [0.1, 0.15) is 45.1 Å². The Morgan fingerprint density at radius 1 is 1.29 bits per heavy atom. The predicted octanol–water partition coefficient (Wildman–Crippen LogP) is 4.73. The number of thiophene rings is 1. The van der Waals surface area contributed by atoms with E-state index in [1.54, 1.807) is 0 Å². The van der Waals surface area contributed by atoms with Gasteiger partial charge in [-0.1, -0.05) is 32.0 Å². The van der Waals surface area contributed by atoms with Gasteiger partial charge >= 0.3 is 0 Å². The van der Waals surface area contributed by atoms with Crippen LogP contribution >= 0.6 is 11.3 Å². The number of hydrogen-bond acceptors (Lipinski definition) is 3. The lowest BCUT2D eigenvalue weighted by Crippen LogP contribution is -2.46. The molecule has 1 N–H and O–H groups in total. The molecule has 1 unspecified atom stereocenters. The molecule has 21 heavy (non-hydrogen) atoms. The molecule has 0 spiro atoms.